The zero-order chi connectivity index (χ0) is 17.7. The van der Waals surface area contributed by atoms with Gasteiger partial charge in [0.15, 0.2) is 0 Å². The third kappa shape index (κ3) is 4.97. The van der Waals surface area contributed by atoms with Gasteiger partial charge in [0.2, 0.25) is 0 Å². The summed E-state index contributed by atoms with van der Waals surface area (Å²) >= 11 is 0.0504. The second-order valence-corrected chi connectivity index (χ2v) is 9.40. The zero-order valence-electron chi connectivity index (χ0n) is 14.0. The average molecular weight is 368 g/mol. The first kappa shape index (κ1) is 19.3. The van der Waals surface area contributed by atoms with Crippen LogP contribution in [0.4, 0.5) is 4.39 Å². The number of hydrogen-bond donors (Lipinski definition) is 2. The molecule has 6 heteroatoms. The number of rotatable bonds is 6. The Morgan fingerprint density at radius 1 is 1.12 bits per heavy atom. The Kier molecular flexibility index (Phi) is 6.71. The van der Waals surface area contributed by atoms with Crippen LogP contribution in [0.25, 0.3) is 0 Å². The number of nitrogens with one attached hydrogen (secondary N) is 1. The highest BCUT2D eigenvalue weighted by atomic mass is 32.2. The summed E-state index contributed by atoms with van der Waals surface area (Å²) in [5.74, 6) is -0.325. The lowest BCUT2D eigenvalue weighted by molar-refractivity contribution is 0.279. The largest absolute Gasteiger partial charge is 0.598 e. The molecule has 0 radical (unpaired) electrons. The van der Waals surface area contributed by atoms with Crippen molar-refractivity contribution >= 4 is 23.1 Å². The molecular weight excluding hydrogens is 345 g/mol. The summed E-state index contributed by atoms with van der Waals surface area (Å²) < 4.78 is 29.1. The van der Waals surface area contributed by atoms with Gasteiger partial charge in [-0.2, -0.15) is 0 Å². The van der Waals surface area contributed by atoms with Crippen LogP contribution in [0.5, 0.6) is 0 Å². The monoisotopic (exact) mass is 367 g/mol. The van der Waals surface area contributed by atoms with Crippen molar-refractivity contribution in [3.05, 3.63) is 59.4 Å². The molecule has 0 aliphatic heterocycles. The molecule has 2 N–H and O–H groups in total. The first-order valence-corrected chi connectivity index (χ1v) is 9.59. The zero-order valence-corrected chi connectivity index (χ0v) is 15.6. The van der Waals surface area contributed by atoms with Crippen molar-refractivity contribution in [2.24, 2.45) is 0 Å². The predicted octanol–water partition coefficient (Wildman–Crippen LogP) is 4.02. The van der Waals surface area contributed by atoms with Crippen molar-refractivity contribution in [1.29, 1.82) is 0 Å². The van der Waals surface area contributed by atoms with Gasteiger partial charge in [-0.25, -0.2) is 4.39 Å². The summed E-state index contributed by atoms with van der Waals surface area (Å²) in [5, 5.41) is 9.44. The van der Waals surface area contributed by atoms with E-state index >= 15 is 0 Å². The maximum Gasteiger partial charge on any atom is 0.137 e. The van der Waals surface area contributed by atoms with Gasteiger partial charge in [0.05, 0.1) is 18.0 Å². The average Bonchev–Trinajstić information content (AvgIpc) is 2.54. The molecule has 0 fully saturated rings. The second kappa shape index (κ2) is 8.36. The summed E-state index contributed by atoms with van der Waals surface area (Å²) in [6, 6.07) is 12.2. The molecular formula is C18H22FNO2S2. The molecule has 0 saturated carbocycles. The van der Waals surface area contributed by atoms with Crippen molar-refractivity contribution in [3.8, 4) is 0 Å². The van der Waals surface area contributed by atoms with Gasteiger partial charge in [-0.1, -0.05) is 42.1 Å². The molecule has 2 aromatic rings. The molecule has 0 bridgehead atoms. The Balaban J connectivity index is 2.24. The van der Waals surface area contributed by atoms with E-state index in [4.69, 9.17) is 0 Å². The van der Waals surface area contributed by atoms with Gasteiger partial charge in [0.25, 0.3) is 0 Å². The van der Waals surface area contributed by atoms with E-state index in [0.717, 1.165) is 16.0 Å². The van der Waals surface area contributed by atoms with E-state index in [1.165, 1.54) is 17.8 Å². The number of aliphatic hydroxyl groups excluding tert-OH is 1. The molecule has 0 heterocycles. The fourth-order valence-electron chi connectivity index (χ4n) is 2.01. The van der Waals surface area contributed by atoms with Crippen molar-refractivity contribution in [1.82, 2.24) is 4.72 Å². The van der Waals surface area contributed by atoms with E-state index in [9.17, 15) is 14.0 Å². The molecule has 1 atom stereocenters. The van der Waals surface area contributed by atoms with Gasteiger partial charge >= 0.3 is 0 Å². The highest BCUT2D eigenvalue weighted by molar-refractivity contribution is 7.99. The van der Waals surface area contributed by atoms with Gasteiger partial charge in [0.1, 0.15) is 10.6 Å². The highest BCUT2D eigenvalue weighted by Crippen LogP contribution is 2.35. The van der Waals surface area contributed by atoms with Crippen LogP contribution < -0.4 is 4.72 Å². The SMILES string of the molecule is CC(C)(C)[S+]([O-])NCc1cccc(F)c1Sc1ccccc1CO. The van der Waals surface area contributed by atoms with Crippen molar-refractivity contribution in [2.45, 2.75) is 48.5 Å². The lowest BCUT2D eigenvalue weighted by atomic mass is 10.2. The Labute approximate surface area is 150 Å². The fourth-order valence-corrected chi connectivity index (χ4v) is 3.80. The molecule has 24 heavy (non-hydrogen) atoms. The molecule has 130 valence electrons. The molecule has 0 amide bonds. The Bertz CT molecular complexity index is 689. The molecule has 0 aliphatic carbocycles. The van der Waals surface area contributed by atoms with Crippen LogP contribution in [0.15, 0.2) is 52.3 Å². The first-order valence-electron chi connectivity index (χ1n) is 7.62. The number of hydrogen-bond acceptors (Lipinski definition) is 4. The van der Waals surface area contributed by atoms with Crippen molar-refractivity contribution < 1.29 is 14.0 Å². The standard InChI is InChI=1S/C18H22FNO2S2/c1-18(2,3)24(22)20-11-13-8-6-9-15(19)17(13)23-16-10-5-4-7-14(16)12-21/h4-10,20-21H,11-12H2,1-3H3. The van der Waals surface area contributed by atoms with Crippen LogP contribution in [0.2, 0.25) is 0 Å². The summed E-state index contributed by atoms with van der Waals surface area (Å²) in [6.45, 7) is 5.86. The van der Waals surface area contributed by atoms with Gasteiger partial charge in [-0.05, 0) is 44.0 Å². The summed E-state index contributed by atoms with van der Waals surface area (Å²) in [7, 11) is 0. The Morgan fingerprint density at radius 2 is 1.79 bits per heavy atom. The van der Waals surface area contributed by atoms with E-state index in [1.807, 2.05) is 51.1 Å². The Hall–Kier alpha value is -1.05. The van der Waals surface area contributed by atoms with Crippen LogP contribution in [0, 0.1) is 5.82 Å². The van der Waals surface area contributed by atoms with Crippen molar-refractivity contribution in [3.63, 3.8) is 0 Å². The summed E-state index contributed by atoms with van der Waals surface area (Å²) in [4.78, 5) is 1.29. The van der Waals surface area contributed by atoms with Gasteiger partial charge < -0.3 is 9.66 Å². The minimum Gasteiger partial charge on any atom is -0.598 e. The minimum absolute atomic E-state index is 0.0980. The topological polar surface area (TPSA) is 55.3 Å². The quantitative estimate of drug-likeness (QED) is 0.757. The molecule has 1 unspecified atom stereocenters. The van der Waals surface area contributed by atoms with Crippen LogP contribution in [-0.4, -0.2) is 14.4 Å². The van der Waals surface area contributed by atoms with E-state index in [2.05, 4.69) is 4.72 Å². The summed E-state index contributed by atoms with van der Waals surface area (Å²) in [5.41, 5.74) is 1.49. The normalized spacial score (nSPS) is 13.1. The van der Waals surface area contributed by atoms with Crippen LogP contribution >= 0.6 is 11.8 Å². The smallest absolute Gasteiger partial charge is 0.137 e. The molecule has 2 aromatic carbocycles. The minimum atomic E-state index is -1.23. The molecule has 0 spiro atoms. The molecule has 0 aliphatic rings. The van der Waals surface area contributed by atoms with E-state index in [1.54, 1.807) is 6.07 Å². The lowest BCUT2D eigenvalue weighted by Gasteiger charge is -2.24. The molecule has 0 aromatic heterocycles. The fraction of sp³-hybridized carbons (Fsp3) is 0.333. The number of aliphatic hydroxyl groups is 1. The van der Waals surface area contributed by atoms with Gasteiger partial charge in [-0.3, -0.25) is 0 Å². The first-order chi connectivity index (χ1) is 11.3. The molecule has 3 nitrogen and oxygen atoms in total. The maximum absolute atomic E-state index is 14.3. The predicted molar refractivity (Wildman–Crippen MR) is 97.6 cm³/mol. The number of halogens is 1. The van der Waals surface area contributed by atoms with Crippen LogP contribution in [0.1, 0.15) is 31.9 Å². The van der Waals surface area contributed by atoms with E-state index in [0.29, 0.717) is 11.4 Å². The third-order valence-corrected chi connectivity index (χ3v) is 6.15. The summed E-state index contributed by atoms with van der Waals surface area (Å²) in [6.07, 6.45) is 0. The molecule has 0 saturated heterocycles. The highest BCUT2D eigenvalue weighted by Gasteiger charge is 2.26. The van der Waals surface area contributed by atoms with Gasteiger partial charge in [0, 0.05) is 16.3 Å². The van der Waals surface area contributed by atoms with Crippen LogP contribution in [0.3, 0.4) is 0 Å². The van der Waals surface area contributed by atoms with Gasteiger partial charge in [-0.15, -0.1) is 4.72 Å². The molecule has 2 rings (SSSR count). The maximum atomic E-state index is 14.3. The number of benzene rings is 2. The second-order valence-electron chi connectivity index (χ2n) is 6.30. The van der Waals surface area contributed by atoms with Crippen LogP contribution in [-0.2, 0) is 24.5 Å². The van der Waals surface area contributed by atoms with Crippen molar-refractivity contribution in [2.75, 3.05) is 0 Å². The van der Waals surface area contributed by atoms with E-state index < -0.39 is 11.4 Å². The lowest BCUT2D eigenvalue weighted by Crippen LogP contribution is -2.39. The Morgan fingerprint density at radius 3 is 2.46 bits per heavy atom. The third-order valence-electron chi connectivity index (χ3n) is 3.35. The van der Waals surface area contributed by atoms with E-state index in [-0.39, 0.29) is 17.2 Å².